The van der Waals surface area contributed by atoms with E-state index in [1.165, 1.54) is 42.5 Å². The number of hydrogen-bond donors (Lipinski definition) is 2. The Labute approximate surface area is 198 Å². The normalized spacial score (nSPS) is 12.9. The minimum absolute atomic E-state index is 0.0691. The number of allylic oxidation sites excluding steroid dienone is 1. The molecule has 0 saturated carbocycles. The fraction of sp³-hybridized carbons (Fsp3) is 0.125. The van der Waals surface area contributed by atoms with E-state index in [1.54, 1.807) is 0 Å². The number of benzene rings is 3. The predicted octanol–water partition coefficient (Wildman–Crippen LogP) is 8.31. The van der Waals surface area contributed by atoms with E-state index in [9.17, 15) is 39.5 Å². The van der Waals surface area contributed by atoms with Crippen molar-refractivity contribution in [3.63, 3.8) is 0 Å². The summed E-state index contributed by atoms with van der Waals surface area (Å²) in [6.07, 6.45) is -14.6. The summed E-state index contributed by atoms with van der Waals surface area (Å²) in [6.45, 7) is 0. The third kappa shape index (κ3) is 7.03. The Hall–Kier alpha value is -3.96. The Kier molecular flexibility index (Phi) is 7.37. The van der Waals surface area contributed by atoms with Gasteiger partial charge in [-0.25, -0.2) is 0 Å². The van der Waals surface area contributed by atoms with E-state index >= 15 is 0 Å². The van der Waals surface area contributed by atoms with E-state index < -0.39 is 47.0 Å². The van der Waals surface area contributed by atoms with Crippen LogP contribution in [0.1, 0.15) is 11.1 Å². The summed E-state index contributed by atoms with van der Waals surface area (Å²) >= 11 is 0. The number of rotatable bonds is 6. The molecule has 0 aliphatic rings. The van der Waals surface area contributed by atoms with Crippen molar-refractivity contribution in [2.24, 2.45) is 0 Å². The van der Waals surface area contributed by atoms with Gasteiger partial charge in [0.2, 0.25) is 0 Å². The van der Waals surface area contributed by atoms with Gasteiger partial charge in [0.15, 0.2) is 0 Å². The van der Waals surface area contributed by atoms with E-state index in [2.05, 4.69) is 10.1 Å². The van der Waals surface area contributed by atoms with Crippen molar-refractivity contribution in [1.29, 1.82) is 5.41 Å². The number of hydrogen-bond acceptors (Lipinski definition) is 3. The zero-order chi connectivity index (χ0) is 26.7. The maximum atomic E-state index is 13.5. The van der Waals surface area contributed by atoms with Crippen molar-refractivity contribution in [1.82, 2.24) is 0 Å². The topological polar surface area (TPSA) is 45.1 Å². The molecule has 0 aliphatic heterocycles. The van der Waals surface area contributed by atoms with Crippen molar-refractivity contribution in [2.45, 2.75) is 18.7 Å². The highest BCUT2D eigenvalue weighted by Gasteiger charge is 2.36. The van der Waals surface area contributed by atoms with Crippen LogP contribution in [0.5, 0.6) is 5.75 Å². The first-order valence-electron chi connectivity index (χ1n) is 9.91. The molecular formula is C24H15F9N2O. The van der Waals surface area contributed by atoms with Crippen molar-refractivity contribution in [2.75, 3.05) is 5.32 Å². The van der Waals surface area contributed by atoms with Crippen molar-refractivity contribution < 1.29 is 44.3 Å². The minimum atomic E-state index is -5.10. The van der Waals surface area contributed by atoms with Gasteiger partial charge in [-0.1, -0.05) is 42.5 Å². The Morgan fingerprint density at radius 1 is 0.750 bits per heavy atom. The standard InChI is InChI=1S/C24H15F9N2O/c25-22(26,27)19-7-2-1-6-18(19)20(13-21(34)23(28,29)30)35-16-10-8-14(9-11-16)15-4-3-5-17(12-15)36-24(31,32)33/h1-13,34-35H/b20-13-,34-21?. The van der Waals surface area contributed by atoms with Gasteiger partial charge in [-0.2, -0.15) is 26.3 Å². The average Bonchev–Trinajstić information content (AvgIpc) is 2.77. The molecule has 0 unspecified atom stereocenters. The predicted molar refractivity (Wildman–Crippen MR) is 115 cm³/mol. The lowest BCUT2D eigenvalue weighted by molar-refractivity contribution is -0.274. The van der Waals surface area contributed by atoms with Crippen LogP contribution in [-0.2, 0) is 6.18 Å². The van der Waals surface area contributed by atoms with Gasteiger partial charge in [-0.05, 0) is 47.5 Å². The van der Waals surface area contributed by atoms with E-state index in [1.807, 2.05) is 0 Å². The fourth-order valence-electron chi connectivity index (χ4n) is 3.15. The van der Waals surface area contributed by atoms with Crippen LogP contribution in [0.15, 0.2) is 78.9 Å². The molecule has 0 spiro atoms. The smallest absolute Gasteiger partial charge is 0.406 e. The third-order valence-electron chi connectivity index (χ3n) is 4.68. The lowest BCUT2D eigenvalue weighted by Gasteiger charge is -2.18. The lowest BCUT2D eigenvalue weighted by atomic mass is 10.0. The van der Waals surface area contributed by atoms with Gasteiger partial charge in [0.05, 0.1) is 5.56 Å². The largest absolute Gasteiger partial charge is 0.573 e. The summed E-state index contributed by atoms with van der Waals surface area (Å²) in [4.78, 5) is 0. The molecule has 0 amide bonds. The second kappa shape index (κ2) is 9.96. The van der Waals surface area contributed by atoms with Gasteiger partial charge in [0.25, 0.3) is 0 Å². The zero-order valence-corrected chi connectivity index (χ0v) is 17.8. The Morgan fingerprint density at radius 3 is 1.97 bits per heavy atom. The minimum Gasteiger partial charge on any atom is -0.406 e. The molecule has 0 saturated heterocycles. The van der Waals surface area contributed by atoms with Crippen molar-refractivity contribution >= 4 is 17.1 Å². The summed E-state index contributed by atoms with van der Waals surface area (Å²) in [7, 11) is 0. The van der Waals surface area contributed by atoms with Crippen LogP contribution >= 0.6 is 0 Å². The molecule has 12 heteroatoms. The van der Waals surface area contributed by atoms with E-state index in [4.69, 9.17) is 5.41 Å². The SMILES string of the molecule is N=C(/C=C(\Nc1ccc(-c2cccc(OC(F)(F)F)c2)cc1)c1ccccc1C(F)(F)F)C(F)(F)F. The highest BCUT2D eigenvalue weighted by molar-refractivity contribution is 6.04. The number of anilines is 1. The molecule has 0 atom stereocenters. The molecule has 3 rings (SSSR count). The Morgan fingerprint density at radius 2 is 1.39 bits per heavy atom. The molecule has 36 heavy (non-hydrogen) atoms. The number of ether oxygens (including phenoxy) is 1. The number of nitrogens with one attached hydrogen (secondary N) is 2. The van der Waals surface area contributed by atoms with Gasteiger partial charge in [-0.15, -0.1) is 13.2 Å². The van der Waals surface area contributed by atoms with Crippen LogP contribution in [-0.4, -0.2) is 18.3 Å². The quantitative estimate of drug-likeness (QED) is 0.255. The van der Waals surface area contributed by atoms with Gasteiger partial charge < -0.3 is 10.1 Å². The first kappa shape index (κ1) is 26.6. The van der Waals surface area contributed by atoms with Crippen molar-refractivity contribution in [3.8, 4) is 16.9 Å². The molecule has 0 fully saturated rings. The molecular weight excluding hydrogens is 503 g/mol. The lowest BCUT2D eigenvalue weighted by Crippen LogP contribution is -2.21. The van der Waals surface area contributed by atoms with Gasteiger partial charge in [0.1, 0.15) is 11.5 Å². The van der Waals surface area contributed by atoms with Crippen LogP contribution < -0.4 is 10.1 Å². The summed E-state index contributed by atoms with van der Waals surface area (Å²) in [5.74, 6) is -0.471. The molecule has 3 aromatic rings. The van der Waals surface area contributed by atoms with E-state index in [0.717, 1.165) is 24.3 Å². The summed E-state index contributed by atoms with van der Waals surface area (Å²) in [6, 6.07) is 14.4. The maximum Gasteiger partial charge on any atom is 0.573 e. The zero-order valence-electron chi connectivity index (χ0n) is 17.8. The van der Waals surface area contributed by atoms with Gasteiger partial charge >= 0.3 is 18.7 Å². The van der Waals surface area contributed by atoms with Gasteiger partial charge in [-0.3, -0.25) is 5.41 Å². The van der Waals surface area contributed by atoms with Crippen molar-refractivity contribution in [3.05, 3.63) is 90.0 Å². The van der Waals surface area contributed by atoms with Crippen LogP contribution in [0.25, 0.3) is 16.8 Å². The monoisotopic (exact) mass is 518 g/mol. The molecule has 2 N–H and O–H groups in total. The molecule has 3 aromatic carbocycles. The number of alkyl halides is 9. The highest BCUT2D eigenvalue weighted by atomic mass is 19.4. The first-order valence-corrected chi connectivity index (χ1v) is 9.91. The Balaban J connectivity index is 1.96. The fourth-order valence-corrected chi connectivity index (χ4v) is 3.15. The molecule has 0 radical (unpaired) electrons. The van der Waals surface area contributed by atoms with Gasteiger partial charge in [0, 0.05) is 16.9 Å². The second-order valence-corrected chi connectivity index (χ2v) is 7.29. The Bertz CT molecular complexity index is 1260. The number of halogens is 9. The van der Waals surface area contributed by atoms with Crippen LogP contribution in [0.4, 0.5) is 45.2 Å². The summed E-state index contributed by atoms with van der Waals surface area (Å²) in [5, 5.41) is 9.71. The van der Waals surface area contributed by atoms with Crippen LogP contribution in [0.3, 0.4) is 0 Å². The average molecular weight is 518 g/mol. The van der Waals surface area contributed by atoms with Crippen LogP contribution in [0, 0.1) is 5.41 Å². The molecule has 0 aromatic heterocycles. The molecule has 0 aliphatic carbocycles. The summed E-state index contributed by atoms with van der Waals surface area (Å²) in [5.41, 5.74) is -3.53. The third-order valence-corrected chi connectivity index (χ3v) is 4.68. The molecule has 0 heterocycles. The van der Waals surface area contributed by atoms with E-state index in [0.29, 0.717) is 17.2 Å². The first-order chi connectivity index (χ1) is 16.6. The van der Waals surface area contributed by atoms with Crippen LogP contribution in [0.2, 0.25) is 0 Å². The molecule has 190 valence electrons. The molecule has 3 nitrogen and oxygen atoms in total. The highest BCUT2D eigenvalue weighted by Crippen LogP contribution is 2.36. The maximum absolute atomic E-state index is 13.5. The summed E-state index contributed by atoms with van der Waals surface area (Å²) < 4.78 is 121. The molecule has 0 bridgehead atoms. The van der Waals surface area contributed by atoms with E-state index in [-0.39, 0.29) is 11.8 Å². The second-order valence-electron chi connectivity index (χ2n) is 7.29.